The third kappa shape index (κ3) is 3.64. The SMILES string of the molecule is N#Cc1ccc(-c2ccc(OCC=C(F)F)cc2F)cc1F. The summed E-state index contributed by atoms with van der Waals surface area (Å²) in [5, 5.41) is 8.65. The molecule has 112 valence electrons. The molecule has 0 unspecified atom stereocenters. The predicted molar refractivity (Wildman–Crippen MR) is 72.3 cm³/mol. The molecule has 0 N–H and O–H groups in total. The van der Waals surface area contributed by atoms with Crippen LogP contribution in [0.1, 0.15) is 5.56 Å². The molecule has 2 nitrogen and oxygen atoms in total. The van der Waals surface area contributed by atoms with Gasteiger partial charge >= 0.3 is 0 Å². The Balaban J connectivity index is 2.25. The van der Waals surface area contributed by atoms with Crippen LogP contribution < -0.4 is 4.74 Å². The normalized spacial score (nSPS) is 9.95. The van der Waals surface area contributed by atoms with E-state index in [1.165, 1.54) is 24.3 Å². The number of rotatable bonds is 4. The van der Waals surface area contributed by atoms with Crippen molar-refractivity contribution in [1.29, 1.82) is 5.26 Å². The van der Waals surface area contributed by atoms with Crippen LogP contribution in [0.25, 0.3) is 11.1 Å². The van der Waals surface area contributed by atoms with Gasteiger partial charge in [0, 0.05) is 17.7 Å². The smallest absolute Gasteiger partial charge is 0.269 e. The van der Waals surface area contributed by atoms with E-state index in [9.17, 15) is 17.6 Å². The van der Waals surface area contributed by atoms with E-state index in [1.807, 2.05) is 0 Å². The van der Waals surface area contributed by atoms with Gasteiger partial charge in [-0.15, -0.1) is 0 Å². The van der Waals surface area contributed by atoms with Crippen LogP contribution in [0.2, 0.25) is 0 Å². The van der Waals surface area contributed by atoms with Gasteiger partial charge in [0.2, 0.25) is 0 Å². The Morgan fingerprint density at radius 2 is 1.86 bits per heavy atom. The number of hydrogen-bond donors (Lipinski definition) is 0. The van der Waals surface area contributed by atoms with Gasteiger partial charge in [-0.25, -0.2) is 8.78 Å². The Morgan fingerprint density at radius 1 is 1.09 bits per heavy atom. The Morgan fingerprint density at radius 3 is 2.45 bits per heavy atom. The Bertz CT molecular complexity index is 761. The lowest BCUT2D eigenvalue weighted by Crippen LogP contribution is -1.95. The molecule has 0 amide bonds. The number of nitriles is 1. The van der Waals surface area contributed by atoms with Crippen molar-refractivity contribution >= 4 is 0 Å². The molecule has 0 aliphatic carbocycles. The van der Waals surface area contributed by atoms with Crippen LogP contribution >= 0.6 is 0 Å². The van der Waals surface area contributed by atoms with E-state index in [-0.39, 0.29) is 29.0 Å². The van der Waals surface area contributed by atoms with Crippen LogP contribution in [0.4, 0.5) is 17.6 Å². The fraction of sp³-hybridized carbons (Fsp3) is 0.0625. The fourth-order valence-corrected chi connectivity index (χ4v) is 1.79. The topological polar surface area (TPSA) is 33.0 Å². The van der Waals surface area contributed by atoms with Crippen molar-refractivity contribution in [2.75, 3.05) is 6.61 Å². The highest BCUT2D eigenvalue weighted by atomic mass is 19.3. The van der Waals surface area contributed by atoms with E-state index in [2.05, 4.69) is 0 Å². The summed E-state index contributed by atoms with van der Waals surface area (Å²) in [5.74, 6) is -1.36. The van der Waals surface area contributed by atoms with Gasteiger partial charge in [-0.05, 0) is 29.8 Å². The number of hydrogen-bond acceptors (Lipinski definition) is 2. The standard InChI is InChI=1S/C16H9F4NO/c17-14-7-10(1-2-11(14)9-21)13-4-3-12(8-15(13)18)22-6-5-16(19)20/h1-5,7-8H,6H2. The first-order valence-electron chi connectivity index (χ1n) is 6.15. The van der Waals surface area contributed by atoms with Gasteiger partial charge in [0.15, 0.2) is 0 Å². The first-order valence-corrected chi connectivity index (χ1v) is 6.15. The summed E-state index contributed by atoms with van der Waals surface area (Å²) in [6.45, 7) is -0.382. The van der Waals surface area contributed by atoms with Crippen molar-refractivity contribution < 1.29 is 22.3 Å². The van der Waals surface area contributed by atoms with Crippen molar-refractivity contribution in [3.63, 3.8) is 0 Å². The Kier molecular flexibility index (Phi) is 4.79. The summed E-state index contributed by atoms with van der Waals surface area (Å²) in [6, 6.07) is 9.16. The molecule has 2 aromatic carbocycles. The van der Waals surface area contributed by atoms with E-state index < -0.39 is 17.7 Å². The average Bonchev–Trinajstić information content (AvgIpc) is 2.47. The van der Waals surface area contributed by atoms with E-state index in [0.29, 0.717) is 6.08 Å². The van der Waals surface area contributed by atoms with Crippen LogP contribution in [0.5, 0.6) is 5.75 Å². The van der Waals surface area contributed by atoms with Gasteiger partial charge in [-0.2, -0.15) is 14.0 Å². The van der Waals surface area contributed by atoms with E-state index in [0.717, 1.165) is 12.1 Å². The second kappa shape index (κ2) is 6.76. The minimum Gasteiger partial charge on any atom is -0.489 e. The first kappa shape index (κ1) is 15.6. The van der Waals surface area contributed by atoms with Crippen molar-refractivity contribution in [2.45, 2.75) is 0 Å². The lowest BCUT2D eigenvalue weighted by Gasteiger charge is -2.08. The number of benzene rings is 2. The molecule has 0 saturated heterocycles. The fourth-order valence-electron chi connectivity index (χ4n) is 1.79. The molecule has 6 heteroatoms. The van der Waals surface area contributed by atoms with E-state index >= 15 is 0 Å². The van der Waals surface area contributed by atoms with Crippen LogP contribution in [0.3, 0.4) is 0 Å². The zero-order valence-electron chi connectivity index (χ0n) is 11.1. The minimum absolute atomic E-state index is 0.0767. The van der Waals surface area contributed by atoms with Gasteiger partial charge in [0.1, 0.15) is 30.1 Å². The lowest BCUT2D eigenvalue weighted by atomic mass is 10.0. The highest BCUT2D eigenvalue weighted by molar-refractivity contribution is 5.66. The molecule has 0 fully saturated rings. The summed E-state index contributed by atoms with van der Waals surface area (Å²) >= 11 is 0. The molecule has 0 aliphatic rings. The van der Waals surface area contributed by atoms with Crippen LogP contribution in [-0.2, 0) is 0 Å². The molecule has 0 atom stereocenters. The summed E-state index contributed by atoms with van der Waals surface area (Å²) in [5.41, 5.74) is 0.238. The number of nitrogens with zero attached hydrogens (tertiary/aromatic N) is 1. The molecule has 0 aliphatic heterocycles. The zero-order valence-corrected chi connectivity index (χ0v) is 11.1. The predicted octanol–water partition coefficient (Wildman–Crippen LogP) is 4.66. The summed E-state index contributed by atoms with van der Waals surface area (Å²) in [7, 11) is 0. The quantitative estimate of drug-likeness (QED) is 0.769. The average molecular weight is 307 g/mol. The van der Waals surface area contributed by atoms with Gasteiger partial charge in [-0.3, -0.25) is 0 Å². The highest BCUT2D eigenvalue weighted by Crippen LogP contribution is 2.27. The van der Waals surface area contributed by atoms with Crippen molar-refractivity contribution in [1.82, 2.24) is 0 Å². The van der Waals surface area contributed by atoms with Gasteiger partial charge < -0.3 is 4.74 Å². The molecule has 0 saturated carbocycles. The maximum atomic E-state index is 14.0. The summed E-state index contributed by atoms with van der Waals surface area (Å²) < 4.78 is 56.2. The second-order valence-electron chi connectivity index (χ2n) is 4.25. The minimum atomic E-state index is -1.88. The molecule has 2 aromatic rings. The maximum Gasteiger partial charge on any atom is 0.269 e. The first-order chi connectivity index (χ1) is 10.5. The lowest BCUT2D eigenvalue weighted by molar-refractivity contribution is 0.343. The molecule has 0 aromatic heterocycles. The Hall–Kier alpha value is -2.81. The molecule has 2 rings (SSSR count). The molecule has 0 bridgehead atoms. The second-order valence-corrected chi connectivity index (χ2v) is 4.25. The van der Waals surface area contributed by atoms with Gasteiger partial charge in [0.05, 0.1) is 5.56 Å². The molecular formula is C16H9F4NO. The monoisotopic (exact) mass is 307 g/mol. The maximum absolute atomic E-state index is 14.0. The molecule has 22 heavy (non-hydrogen) atoms. The van der Waals surface area contributed by atoms with Crippen molar-refractivity contribution in [2.24, 2.45) is 0 Å². The Labute approximate surface area is 123 Å². The van der Waals surface area contributed by atoms with Crippen LogP contribution in [-0.4, -0.2) is 6.61 Å². The molecule has 0 heterocycles. The third-order valence-corrected chi connectivity index (χ3v) is 2.83. The van der Waals surface area contributed by atoms with E-state index in [4.69, 9.17) is 10.00 Å². The molecule has 0 spiro atoms. The van der Waals surface area contributed by atoms with Crippen LogP contribution in [0, 0.1) is 23.0 Å². The summed E-state index contributed by atoms with van der Waals surface area (Å²) in [6.07, 6.45) is -1.33. The number of ether oxygens (including phenoxy) is 1. The third-order valence-electron chi connectivity index (χ3n) is 2.83. The van der Waals surface area contributed by atoms with Crippen LogP contribution in [0.15, 0.2) is 48.6 Å². The number of halogens is 4. The zero-order chi connectivity index (χ0) is 16.1. The largest absolute Gasteiger partial charge is 0.489 e. The van der Waals surface area contributed by atoms with E-state index in [1.54, 1.807) is 6.07 Å². The van der Waals surface area contributed by atoms with Gasteiger partial charge in [0.25, 0.3) is 6.08 Å². The highest BCUT2D eigenvalue weighted by Gasteiger charge is 2.10. The molecule has 0 radical (unpaired) electrons. The van der Waals surface area contributed by atoms with Crippen molar-refractivity contribution in [3.8, 4) is 22.9 Å². The van der Waals surface area contributed by atoms with Gasteiger partial charge in [-0.1, -0.05) is 6.07 Å². The van der Waals surface area contributed by atoms with Crippen molar-refractivity contribution in [3.05, 3.63) is 65.8 Å². The summed E-state index contributed by atoms with van der Waals surface area (Å²) in [4.78, 5) is 0. The molecular weight excluding hydrogens is 298 g/mol.